The molecule has 0 saturated heterocycles. The fourth-order valence-electron chi connectivity index (χ4n) is 2.60. The van der Waals surface area contributed by atoms with E-state index in [1.54, 1.807) is 12.1 Å². The summed E-state index contributed by atoms with van der Waals surface area (Å²) in [6, 6.07) is 8.10. The Hall–Kier alpha value is -2.61. The Balaban J connectivity index is 2.35. The van der Waals surface area contributed by atoms with Crippen LogP contribution >= 0.6 is 11.3 Å². The molecule has 0 aliphatic rings. The number of anilines is 1. The van der Waals surface area contributed by atoms with Crippen LogP contribution in [-0.2, 0) is 12.6 Å². The van der Waals surface area contributed by atoms with Gasteiger partial charge in [-0.3, -0.25) is 4.79 Å². The topological polar surface area (TPSA) is 82.0 Å². The molecule has 130 valence electrons. The summed E-state index contributed by atoms with van der Waals surface area (Å²) in [5, 5.41) is 0.316. The number of aromatic nitrogens is 1. The molecule has 0 unspecified atom stereocenters. The zero-order valence-corrected chi connectivity index (χ0v) is 14.0. The average molecular weight is 365 g/mol. The average Bonchev–Trinajstić information content (AvgIpc) is 2.91. The van der Waals surface area contributed by atoms with Crippen LogP contribution in [0.15, 0.2) is 30.3 Å². The molecule has 2 aromatic heterocycles. The Morgan fingerprint density at radius 3 is 2.40 bits per heavy atom. The number of fused-ring (bicyclic) bond motifs is 1. The smallest absolute Gasteiger partial charge is 0.397 e. The van der Waals surface area contributed by atoms with Crippen LogP contribution in [0, 0.1) is 0 Å². The van der Waals surface area contributed by atoms with Gasteiger partial charge in [0, 0.05) is 5.39 Å². The van der Waals surface area contributed by atoms with E-state index in [1.165, 1.54) is 0 Å². The van der Waals surface area contributed by atoms with Crippen molar-refractivity contribution in [1.82, 2.24) is 4.98 Å². The van der Waals surface area contributed by atoms with Gasteiger partial charge in [-0.05, 0) is 29.2 Å². The summed E-state index contributed by atoms with van der Waals surface area (Å²) >= 11 is 0.768. The summed E-state index contributed by atoms with van der Waals surface area (Å²) in [6.45, 7) is 1.98. The second-order valence-corrected chi connectivity index (χ2v) is 6.49. The van der Waals surface area contributed by atoms with E-state index in [0.717, 1.165) is 29.4 Å². The maximum atomic E-state index is 13.2. The van der Waals surface area contributed by atoms with Gasteiger partial charge in [-0.25, -0.2) is 4.98 Å². The van der Waals surface area contributed by atoms with Crippen LogP contribution in [-0.4, -0.2) is 10.9 Å². The van der Waals surface area contributed by atoms with E-state index < -0.39 is 17.8 Å². The van der Waals surface area contributed by atoms with Crippen LogP contribution < -0.4 is 11.5 Å². The van der Waals surface area contributed by atoms with Gasteiger partial charge in [0.05, 0.1) is 5.69 Å². The van der Waals surface area contributed by atoms with Crippen molar-refractivity contribution in [3.05, 3.63) is 46.5 Å². The molecular formula is C17H14F3N3OS. The number of nitrogen functional groups attached to an aromatic ring is 1. The Morgan fingerprint density at radius 1 is 1.24 bits per heavy atom. The number of rotatable bonds is 3. The quantitative estimate of drug-likeness (QED) is 0.729. The molecule has 3 rings (SSSR count). The summed E-state index contributed by atoms with van der Waals surface area (Å²) in [5.74, 6) is -0.790. The van der Waals surface area contributed by atoms with Crippen molar-refractivity contribution >= 4 is 33.1 Å². The van der Waals surface area contributed by atoms with Crippen molar-refractivity contribution < 1.29 is 18.0 Å². The van der Waals surface area contributed by atoms with Crippen molar-refractivity contribution in [3.8, 4) is 11.1 Å². The summed E-state index contributed by atoms with van der Waals surface area (Å²) in [6.07, 6.45) is -3.80. The number of primary amides is 1. The van der Waals surface area contributed by atoms with E-state index in [1.807, 2.05) is 19.1 Å². The second-order valence-electron chi connectivity index (χ2n) is 5.49. The number of hydrogen-bond acceptors (Lipinski definition) is 4. The van der Waals surface area contributed by atoms with E-state index in [4.69, 9.17) is 11.5 Å². The van der Waals surface area contributed by atoms with Crippen LogP contribution in [0.3, 0.4) is 0 Å². The standard InChI is InChI=1S/C17H14F3N3OS/c1-2-8-3-5-9(6-4-8)10-7-11(17(18,19)20)23-16-12(10)13(21)14(25-16)15(22)24/h3-7H,2,21H2,1H3,(H2,22,24). The number of aryl methyl sites for hydroxylation is 1. The molecule has 0 spiro atoms. The van der Waals surface area contributed by atoms with Gasteiger partial charge in [0.25, 0.3) is 5.91 Å². The largest absolute Gasteiger partial charge is 0.433 e. The van der Waals surface area contributed by atoms with Crippen LogP contribution in [0.25, 0.3) is 21.3 Å². The maximum Gasteiger partial charge on any atom is 0.433 e. The first-order valence-corrected chi connectivity index (χ1v) is 8.23. The lowest BCUT2D eigenvalue weighted by molar-refractivity contribution is -0.140. The lowest BCUT2D eigenvalue weighted by Gasteiger charge is -2.11. The van der Waals surface area contributed by atoms with Gasteiger partial charge >= 0.3 is 6.18 Å². The van der Waals surface area contributed by atoms with E-state index in [9.17, 15) is 18.0 Å². The normalized spacial score (nSPS) is 11.8. The predicted molar refractivity (Wildman–Crippen MR) is 92.4 cm³/mol. The molecule has 1 aromatic carbocycles. The number of thiophene rings is 1. The number of amides is 1. The van der Waals surface area contributed by atoms with E-state index in [2.05, 4.69) is 4.98 Å². The molecule has 3 aromatic rings. The molecule has 0 fully saturated rings. The highest BCUT2D eigenvalue weighted by Gasteiger charge is 2.34. The number of hydrogen-bond donors (Lipinski definition) is 2. The van der Waals surface area contributed by atoms with Crippen LogP contribution in [0.4, 0.5) is 18.9 Å². The van der Waals surface area contributed by atoms with Gasteiger partial charge < -0.3 is 11.5 Å². The van der Waals surface area contributed by atoms with E-state index >= 15 is 0 Å². The molecule has 8 heteroatoms. The summed E-state index contributed by atoms with van der Waals surface area (Å²) in [4.78, 5) is 15.2. The highest BCUT2D eigenvalue weighted by molar-refractivity contribution is 7.21. The molecule has 0 atom stereocenters. The monoisotopic (exact) mass is 365 g/mol. The first-order chi connectivity index (χ1) is 11.7. The molecule has 25 heavy (non-hydrogen) atoms. The number of benzene rings is 1. The van der Waals surface area contributed by atoms with Gasteiger partial charge in [-0.1, -0.05) is 31.2 Å². The molecule has 2 heterocycles. The van der Waals surface area contributed by atoms with Crippen molar-refractivity contribution in [2.75, 3.05) is 5.73 Å². The highest BCUT2D eigenvalue weighted by Crippen LogP contribution is 2.42. The van der Waals surface area contributed by atoms with Gasteiger partial charge in [-0.15, -0.1) is 11.3 Å². The van der Waals surface area contributed by atoms with E-state index in [0.29, 0.717) is 10.9 Å². The molecule has 0 aliphatic heterocycles. The molecule has 0 bridgehead atoms. The first kappa shape index (κ1) is 17.2. The van der Waals surface area contributed by atoms with Gasteiger partial charge in [0.1, 0.15) is 15.4 Å². The summed E-state index contributed by atoms with van der Waals surface area (Å²) < 4.78 is 39.6. The van der Waals surface area contributed by atoms with Crippen LogP contribution in [0.2, 0.25) is 0 Å². The zero-order chi connectivity index (χ0) is 18.4. The first-order valence-electron chi connectivity index (χ1n) is 7.41. The number of nitrogens with zero attached hydrogens (tertiary/aromatic N) is 1. The van der Waals surface area contributed by atoms with Gasteiger partial charge in [0.2, 0.25) is 0 Å². The fraction of sp³-hybridized carbons (Fsp3) is 0.176. The van der Waals surface area contributed by atoms with E-state index in [-0.39, 0.29) is 21.0 Å². The van der Waals surface area contributed by atoms with Crippen molar-refractivity contribution in [2.45, 2.75) is 19.5 Å². The zero-order valence-electron chi connectivity index (χ0n) is 13.1. The fourth-order valence-corrected chi connectivity index (χ4v) is 3.57. The SMILES string of the molecule is CCc1ccc(-c2cc(C(F)(F)F)nc3sc(C(N)=O)c(N)c23)cc1. The van der Waals surface area contributed by atoms with Crippen LogP contribution in [0.1, 0.15) is 27.9 Å². The minimum atomic E-state index is -4.61. The lowest BCUT2D eigenvalue weighted by atomic mass is 9.99. The lowest BCUT2D eigenvalue weighted by Crippen LogP contribution is -2.10. The predicted octanol–water partition coefficient (Wildman–Crippen LogP) is 4.23. The molecule has 0 saturated carbocycles. The Kier molecular flexibility index (Phi) is 4.16. The number of carbonyl (C=O) groups excluding carboxylic acids is 1. The third kappa shape index (κ3) is 3.05. The molecular weight excluding hydrogens is 351 g/mol. The Morgan fingerprint density at radius 2 is 1.88 bits per heavy atom. The maximum absolute atomic E-state index is 13.2. The number of carbonyl (C=O) groups is 1. The van der Waals surface area contributed by atoms with Crippen molar-refractivity contribution in [3.63, 3.8) is 0 Å². The molecule has 0 radical (unpaired) electrons. The van der Waals surface area contributed by atoms with Crippen molar-refractivity contribution in [2.24, 2.45) is 5.73 Å². The third-order valence-electron chi connectivity index (χ3n) is 3.89. The number of halogens is 3. The molecule has 0 aliphatic carbocycles. The minimum Gasteiger partial charge on any atom is -0.397 e. The number of alkyl halides is 3. The number of nitrogens with two attached hydrogens (primary N) is 2. The van der Waals surface area contributed by atoms with Crippen molar-refractivity contribution in [1.29, 1.82) is 0 Å². The highest BCUT2D eigenvalue weighted by atomic mass is 32.1. The molecule has 4 nitrogen and oxygen atoms in total. The van der Waals surface area contributed by atoms with Gasteiger partial charge in [-0.2, -0.15) is 13.2 Å². The van der Waals surface area contributed by atoms with Gasteiger partial charge in [0.15, 0.2) is 0 Å². The molecule has 1 amide bonds. The summed E-state index contributed by atoms with van der Waals surface area (Å²) in [7, 11) is 0. The minimum absolute atomic E-state index is 0.00764. The Labute approximate surface area is 145 Å². The Bertz CT molecular complexity index is 962. The number of pyridine rings is 1. The summed E-state index contributed by atoms with van der Waals surface area (Å²) in [5.41, 5.74) is 12.2. The third-order valence-corrected chi connectivity index (χ3v) is 5.00. The second kappa shape index (κ2) is 6.03. The molecule has 4 N–H and O–H groups in total. The van der Waals surface area contributed by atoms with Crippen LogP contribution in [0.5, 0.6) is 0 Å².